The Hall–Kier alpha value is -2.69. The Kier molecular flexibility index (Phi) is 5.04. The van der Waals surface area contributed by atoms with Crippen molar-refractivity contribution in [2.45, 2.75) is 0 Å². The van der Waals surface area contributed by atoms with Gasteiger partial charge >= 0.3 is 0 Å². The SMILES string of the molecule is COc1cc(NC(=O)CNc2ccccc2)cc(OC)c1. The maximum atomic E-state index is 11.9. The number of rotatable bonds is 6. The fourth-order valence-corrected chi connectivity index (χ4v) is 1.82. The molecule has 0 unspecified atom stereocenters. The standard InChI is InChI=1S/C16H18N2O3/c1-20-14-8-13(9-15(10-14)21-2)18-16(19)11-17-12-6-4-3-5-7-12/h3-10,17H,11H2,1-2H3,(H,18,19). The lowest BCUT2D eigenvalue weighted by atomic mass is 10.2. The van der Waals surface area contributed by atoms with E-state index in [0.29, 0.717) is 17.2 Å². The summed E-state index contributed by atoms with van der Waals surface area (Å²) in [7, 11) is 3.13. The molecule has 0 radical (unpaired) electrons. The third-order valence-corrected chi connectivity index (χ3v) is 2.86. The summed E-state index contributed by atoms with van der Waals surface area (Å²) in [6, 6.07) is 14.8. The summed E-state index contributed by atoms with van der Waals surface area (Å²) < 4.78 is 10.3. The van der Waals surface area contributed by atoms with Crippen LogP contribution in [0.4, 0.5) is 11.4 Å². The maximum Gasteiger partial charge on any atom is 0.243 e. The lowest BCUT2D eigenvalue weighted by Crippen LogP contribution is -2.21. The summed E-state index contributed by atoms with van der Waals surface area (Å²) in [6.07, 6.45) is 0. The average Bonchev–Trinajstić information content (AvgIpc) is 2.53. The van der Waals surface area contributed by atoms with Crippen LogP contribution in [-0.2, 0) is 4.79 Å². The molecule has 2 N–H and O–H groups in total. The van der Waals surface area contributed by atoms with E-state index in [2.05, 4.69) is 10.6 Å². The summed E-state index contributed by atoms with van der Waals surface area (Å²) >= 11 is 0. The number of benzene rings is 2. The van der Waals surface area contributed by atoms with Crippen LogP contribution < -0.4 is 20.1 Å². The molecule has 0 aliphatic carbocycles. The number of para-hydroxylation sites is 1. The van der Waals surface area contributed by atoms with Gasteiger partial charge in [-0.1, -0.05) is 18.2 Å². The zero-order valence-corrected chi connectivity index (χ0v) is 12.1. The van der Waals surface area contributed by atoms with Gasteiger partial charge in [-0.15, -0.1) is 0 Å². The molecule has 2 aromatic carbocycles. The van der Waals surface area contributed by atoms with Crippen molar-refractivity contribution >= 4 is 17.3 Å². The highest BCUT2D eigenvalue weighted by Crippen LogP contribution is 2.25. The van der Waals surface area contributed by atoms with E-state index in [4.69, 9.17) is 9.47 Å². The zero-order valence-electron chi connectivity index (χ0n) is 12.1. The number of methoxy groups -OCH3 is 2. The molecule has 110 valence electrons. The van der Waals surface area contributed by atoms with Crippen molar-refractivity contribution in [2.75, 3.05) is 31.4 Å². The minimum atomic E-state index is -0.144. The van der Waals surface area contributed by atoms with Gasteiger partial charge in [0.1, 0.15) is 11.5 Å². The molecule has 0 fully saturated rings. The first kappa shape index (κ1) is 14.7. The molecule has 5 heteroatoms. The van der Waals surface area contributed by atoms with E-state index >= 15 is 0 Å². The molecule has 0 atom stereocenters. The molecule has 0 aliphatic heterocycles. The molecule has 0 bridgehead atoms. The van der Waals surface area contributed by atoms with Gasteiger partial charge in [0.15, 0.2) is 0 Å². The third-order valence-electron chi connectivity index (χ3n) is 2.86. The van der Waals surface area contributed by atoms with Crippen LogP contribution in [-0.4, -0.2) is 26.7 Å². The molecule has 0 saturated carbocycles. The van der Waals surface area contributed by atoms with E-state index in [1.807, 2.05) is 30.3 Å². The van der Waals surface area contributed by atoms with Gasteiger partial charge in [0.05, 0.1) is 20.8 Å². The van der Waals surface area contributed by atoms with Crippen molar-refractivity contribution in [3.8, 4) is 11.5 Å². The number of nitrogens with one attached hydrogen (secondary N) is 2. The van der Waals surface area contributed by atoms with Gasteiger partial charge in [0.2, 0.25) is 5.91 Å². The maximum absolute atomic E-state index is 11.9. The Morgan fingerprint density at radius 3 is 2.14 bits per heavy atom. The number of hydrogen-bond donors (Lipinski definition) is 2. The van der Waals surface area contributed by atoms with Crippen molar-refractivity contribution < 1.29 is 14.3 Å². The highest BCUT2D eigenvalue weighted by Gasteiger charge is 2.06. The molecule has 5 nitrogen and oxygen atoms in total. The van der Waals surface area contributed by atoms with Crippen molar-refractivity contribution in [2.24, 2.45) is 0 Å². The Morgan fingerprint density at radius 2 is 1.57 bits per heavy atom. The zero-order chi connectivity index (χ0) is 15.1. The molecule has 21 heavy (non-hydrogen) atoms. The van der Waals surface area contributed by atoms with Crippen LogP contribution in [0.1, 0.15) is 0 Å². The Balaban J connectivity index is 1.96. The minimum Gasteiger partial charge on any atom is -0.497 e. The van der Waals surface area contributed by atoms with E-state index < -0.39 is 0 Å². The number of ether oxygens (including phenoxy) is 2. The first-order valence-electron chi connectivity index (χ1n) is 6.53. The first-order valence-corrected chi connectivity index (χ1v) is 6.53. The Labute approximate surface area is 123 Å². The molecule has 0 aromatic heterocycles. The third kappa shape index (κ3) is 4.42. The van der Waals surface area contributed by atoms with Crippen LogP contribution in [0.2, 0.25) is 0 Å². The first-order chi connectivity index (χ1) is 10.2. The summed E-state index contributed by atoms with van der Waals surface area (Å²) in [5.41, 5.74) is 1.53. The van der Waals surface area contributed by atoms with Crippen molar-refractivity contribution in [1.82, 2.24) is 0 Å². The van der Waals surface area contributed by atoms with E-state index in [9.17, 15) is 4.79 Å². The second-order valence-electron chi connectivity index (χ2n) is 4.37. The van der Waals surface area contributed by atoms with Gasteiger partial charge in [-0.3, -0.25) is 4.79 Å². The summed E-state index contributed by atoms with van der Waals surface area (Å²) in [5, 5.41) is 5.85. The number of amides is 1. The second-order valence-corrected chi connectivity index (χ2v) is 4.37. The van der Waals surface area contributed by atoms with Gasteiger partial charge in [-0.2, -0.15) is 0 Å². The molecule has 1 amide bonds. The molecule has 0 aliphatic rings. The van der Waals surface area contributed by atoms with Crippen LogP contribution in [0, 0.1) is 0 Å². The minimum absolute atomic E-state index is 0.144. The molecule has 2 rings (SSSR count). The summed E-state index contributed by atoms with van der Waals surface area (Å²) in [5.74, 6) is 1.11. The van der Waals surface area contributed by atoms with Crippen LogP contribution in [0.5, 0.6) is 11.5 Å². The second kappa shape index (κ2) is 7.19. The normalized spacial score (nSPS) is 9.81. The van der Waals surface area contributed by atoms with E-state index in [-0.39, 0.29) is 12.5 Å². The van der Waals surface area contributed by atoms with E-state index in [1.165, 1.54) is 0 Å². The highest BCUT2D eigenvalue weighted by molar-refractivity contribution is 5.94. The summed E-state index contributed by atoms with van der Waals surface area (Å²) in [6.45, 7) is 0.184. The lowest BCUT2D eigenvalue weighted by Gasteiger charge is -2.10. The van der Waals surface area contributed by atoms with Crippen molar-refractivity contribution in [3.63, 3.8) is 0 Å². The molecule has 2 aromatic rings. The number of carbonyl (C=O) groups is 1. The number of carbonyl (C=O) groups excluding carboxylic acids is 1. The Bertz CT molecular complexity index is 577. The van der Waals surface area contributed by atoms with Gasteiger partial charge in [-0.05, 0) is 12.1 Å². The van der Waals surface area contributed by atoms with Gasteiger partial charge in [0, 0.05) is 29.6 Å². The van der Waals surface area contributed by atoms with E-state index in [1.54, 1.807) is 32.4 Å². The topological polar surface area (TPSA) is 59.6 Å². The molecule has 0 spiro atoms. The fourth-order valence-electron chi connectivity index (χ4n) is 1.82. The molecular weight excluding hydrogens is 268 g/mol. The van der Waals surface area contributed by atoms with Crippen LogP contribution in [0.3, 0.4) is 0 Å². The smallest absolute Gasteiger partial charge is 0.243 e. The predicted octanol–water partition coefficient (Wildman–Crippen LogP) is 2.75. The van der Waals surface area contributed by atoms with Crippen LogP contribution >= 0.6 is 0 Å². The highest BCUT2D eigenvalue weighted by atomic mass is 16.5. The molecular formula is C16H18N2O3. The van der Waals surface area contributed by atoms with Crippen LogP contribution in [0.25, 0.3) is 0 Å². The summed E-state index contributed by atoms with van der Waals surface area (Å²) in [4.78, 5) is 11.9. The van der Waals surface area contributed by atoms with Crippen molar-refractivity contribution in [1.29, 1.82) is 0 Å². The van der Waals surface area contributed by atoms with Gasteiger partial charge in [0.25, 0.3) is 0 Å². The fraction of sp³-hybridized carbons (Fsp3) is 0.188. The van der Waals surface area contributed by atoms with Crippen molar-refractivity contribution in [3.05, 3.63) is 48.5 Å². The number of anilines is 2. The largest absolute Gasteiger partial charge is 0.497 e. The number of hydrogen-bond acceptors (Lipinski definition) is 4. The average molecular weight is 286 g/mol. The molecule has 0 heterocycles. The Morgan fingerprint density at radius 1 is 0.952 bits per heavy atom. The van der Waals surface area contributed by atoms with Gasteiger partial charge in [-0.25, -0.2) is 0 Å². The lowest BCUT2D eigenvalue weighted by molar-refractivity contribution is -0.114. The predicted molar refractivity (Wildman–Crippen MR) is 83.1 cm³/mol. The van der Waals surface area contributed by atoms with Gasteiger partial charge < -0.3 is 20.1 Å². The van der Waals surface area contributed by atoms with E-state index in [0.717, 1.165) is 5.69 Å². The van der Waals surface area contributed by atoms with Crippen LogP contribution in [0.15, 0.2) is 48.5 Å². The quantitative estimate of drug-likeness (QED) is 0.857. The monoisotopic (exact) mass is 286 g/mol. The molecule has 0 saturated heterocycles.